The Morgan fingerprint density at radius 3 is 2.57 bits per heavy atom. The van der Waals surface area contributed by atoms with E-state index in [9.17, 15) is 9.59 Å². The summed E-state index contributed by atoms with van der Waals surface area (Å²) in [5.41, 5.74) is 5.05. The Kier molecular flexibility index (Phi) is 7.85. The molecule has 2 aliphatic heterocycles. The molecule has 5 nitrogen and oxygen atoms in total. The molecule has 2 aromatic rings. The number of aryl methyl sites for hydroxylation is 2. The zero-order valence-electron chi connectivity index (χ0n) is 19.7. The zero-order chi connectivity index (χ0) is 24.5. The van der Waals surface area contributed by atoms with Crippen LogP contribution in [0.3, 0.4) is 0 Å². The first kappa shape index (κ1) is 25.2. The summed E-state index contributed by atoms with van der Waals surface area (Å²) < 4.78 is 2.06. The molecule has 8 heteroatoms. The van der Waals surface area contributed by atoms with Gasteiger partial charge in [-0.25, -0.2) is 0 Å². The van der Waals surface area contributed by atoms with Crippen molar-refractivity contribution in [2.24, 2.45) is 5.92 Å². The summed E-state index contributed by atoms with van der Waals surface area (Å²) in [6.07, 6.45) is 8.56. The highest BCUT2D eigenvalue weighted by molar-refractivity contribution is 9.10. The lowest BCUT2D eigenvalue weighted by molar-refractivity contribution is -0.133. The van der Waals surface area contributed by atoms with Crippen LogP contribution in [-0.4, -0.2) is 52.8 Å². The fourth-order valence-corrected chi connectivity index (χ4v) is 7.53. The number of fused-ring (bicyclic) bond motifs is 2. The Bertz CT molecular complexity index is 1130. The van der Waals surface area contributed by atoms with Gasteiger partial charge in [0.15, 0.2) is 0 Å². The summed E-state index contributed by atoms with van der Waals surface area (Å²) in [5, 5.41) is 0.755. The number of piperidine rings is 1. The molecule has 186 valence electrons. The van der Waals surface area contributed by atoms with Gasteiger partial charge in [-0.1, -0.05) is 27.5 Å². The number of hydrogen-bond acceptors (Lipinski definition) is 3. The van der Waals surface area contributed by atoms with Crippen LogP contribution in [-0.2, 0) is 22.4 Å². The Hall–Kier alpha value is -1.44. The zero-order valence-corrected chi connectivity index (χ0v) is 23.7. The second kappa shape index (κ2) is 10.9. The fraction of sp³-hybridized carbons (Fsp3) is 0.519. The van der Waals surface area contributed by atoms with Crippen LogP contribution in [0.25, 0.3) is 0 Å². The van der Waals surface area contributed by atoms with Crippen molar-refractivity contribution in [3.63, 3.8) is 0 Å². The smallest absolute Gasteiger partial charge is 0.222 e. The maximum absolute atomic E-state index is 12.9. The summed E-state index contributed by atoms with van der Waals surface area (Å²) >= 11 is 13.9. The molecule has 0 saturated carbocycles. The molecule has 2 amide bonds. The van der Waals surface area contributed by atoms with E-state index in [1.807, 2.05) is 22.1 Å². The number of aromatic nitrogens is 1. The molecule has 1 unspecified atom stereocenters. The molecule has 3 heterocycles. The van der Waals surface area contributed by atoms with Crippen molar-refractivity contribution in [3.05, 3.63) is 60.7 Å². The molecule has 0 bridgehead atoms. The highest BCUT2D eigenvalue weighted by atomic mass is 79.9. The molecule has 0 N–H and O–H groups in total. The number of rotatable bonds is 5. The summed E-state index contributed by atoms with van der Waals surface area (Å²) in [6.45, 7) is 3.09. The van der Waals surface area contributed by atoms with Crippen LogP contribution in [0, 0.1) is 5.92 Å². The average Bonchev–Trinajstić information content (AvgIpc) is 3.17. The topological polar surface area (TPSA) is 53.5 Å². The molecule has 1 aliphatic carbocycles. The van der Waals surface area contributed by atoms with Gasteiger partial charge in [0.25, 0.3) is 0 Å². The predicted octanol–water partition coefficient (Wildman–Crippen LogP) is 6.13. The molecule has 35 heavy (non-hydrogen) atoms. The van der Waals surface area contributed by atoms with Crippen molar-refractivity contribution in [2.45, 2.75) is 57.3 Å². The number of benzene rings is 1. The standard InChI is InChI=1S/C27H30Br2ClN3O2/c28-20-13-19-6-5-18-14-21(30)15-22(29)25(18)26(27(19)31-16-20)17-7-11-33(12-8-17)24(35)4-2-10-32-9-1-3-23(32)34/h13-17,26H,1-12H2. The first-order valence-electron chi connectivity index (χ1n) is 12.6. The van der Waals surface area contributed by atoms with Gasteiger partial charge >= 0.3 is 0 Å². The van der Waals surface area contributed by atoms with E-state index in [1.165, 1.54) is 16.7 Å². The van der Waals surface area contributed by atoms with E-state index in [-0.39, 0.29) is 17.7 Å². The molecule has 5 rings (SSSR count). The van der Waals surface area contributed by atoms with Gasteiger partial charge in [-0.2, -0.15) is 0 Å². The fourth-order valence-electron chi connectivity index (χ4n) is 6.03. The molecule has 1 aromatic heterocycles. The van der Waals surface area contributed by atoms with Gasteiger partial charge in [0.05, 0.1) is 5.69 Å². The number of nitrogens with zero attached hydrogens (tertiary/aromatic N) is 3. The number of pyridine rings is 1. The van der Waals surface area contributed by atoms with Crippen molar-refractivity contribution >= 4 is 55.3 Å². The van der Waals surface area contributed by atoms with E-state index >= 15 is 0 Å². The van der Waals surface area contributed by atoms with Gasteiger partial charge in [0.2, 0.25) is 11.8 Å². The monoisotopic (exact) mass is 621 g/mol. The normalized spacial score (nSPS) is 20.5. The predicted molar refractivity (Wildman–Crippen MR) is 145 cm³/mol. The Morgan fingerprint density at radius 1 is 1.06 bits per heavy atom. The van der Waals surface area contributed by atoms with Gasteiger partial charge in [0.1, 0.15) is 0 Å². The van der Waals surface area contributed by atoms with Crippen LogP contribution in [0.4, 0.5) is 0 Å². The molecule has 3 aliphatic rings. The van der Waals surface area contributed by atoms with Crippen LogP contribution in [0.5, 0.6) is 0 Å². The molecule has 1 aromatic carbocycles. The van der Waals surface area contributed by atoms with Gasteiger partial charge in [-0.3, -0.25) is 14.6 Å². The lowest BCUT2D eigenvalue weighted by atomic mass is 9.76. The van der Waals surface area contributed by atoms with Crippen LogP contribution < -0.4 is 0 Å². The Balaban J connectivity index is 1.30. The average molecular weight is 624 g/mol. The highest BCUT2D eigenvalue weighted by Crippen LogP contribution is 2.46. The van der Waals surface area contributed by atoms with E-state index in [0.29, 0.717) is 25.3 Å². The first-order valence-corrected chi connectivity index (χ1v) is 14.5. The third kappa shape index (κ3) is 5.47. The maximum atomic E-state index is 12.9. The number of amides is 2. The second-order valence-electron chi connectivity index (χ2n) is 9.94. The minimum atomic E-state index is 0.181. The summed E-state index contributed by atoms with van der Waals surface area (Å²) in [5.74, 6) is 1.03. The lowest BCUT2D eigenvalue weighted by Gasteiger charge is -2.37. The van der Waals surface area contributed by atoms with Crippen LogP contribution in [0.1, 0.15) is 66.8 Å². The van der Waals surface area contributed by atoms with E-state index in [1.54, 1.807) is 0 Å². The quantitative estimate of drug-likeness (QED) is 0.403. The first-order chi connectivity index (χ1) is 16.9. The molecule has 0 spiro atoms. The third-order valence-corrected chi connectivity index (χ3v) is 9.08. The molecule has 2 fully saturated rings. The van der Waals surface area contributed by atoms with E-state index < -0.39 is 0 Å². The number of likely N-dealkylation sites (tertiary alicyclic amines) is 2. The molecular weight excluding hydrogens is 594 g/mol. The largest absolute Gasteiger partial charge is 0.343 e. The number of carbonyl (C=O) groups excluding carboxylic acids is 2. The summed E-state index contributed by atoms with van der Waals surface area (Å²) in [4.78, 5) is 33.6. The van der Waals surface area contributed by atoms with E-state index in [0.717, 1.165) is 77.8 Å². The number of hydrogen-bond donors (Lipinski definition) is 0. The van der Waals surface area contributed by atoms with Crippen molar-refractivity contribution in [2.75, 3.05) is 26.2 Å². The Morgan fingerprint density at radius 2 is 1.83 bits per heavy atom. The molecule has 2 saturated heterocycles. The van der Waals surface area contributed by atoms with Gasteiger partial charge in [-0.05, 0) is 95.3 Å². The van der Waals surface area contributed by atoms with Crippen LogP contribution in [0.15, 0.2) is 33.3 Å². The SMILES string of the molecule is O=C1CCCN1CCCC(=O)N1CCC(C2c3ncc(Br)cc3CCc3cc(Cl)cc(Br)c32)CC1. The van der Waals surface area contributed by atoms with E-state index in [4.69, 9.17) is 16.6 Å². The third-order valence-electron chi connectivity index (χ3n) is 7.77. The van der Waals surface area contributed by atoms with Crippen LogP contribution in [0.2, 0.25) is 5.02 Å². The lowest BCUT2D eigenvalue weighted by Crippen LogP contribution is -2.40. The summed E-state index contributed by atoms with van der Waals surface area (Å²) in [6, 6.07) is 6.32. The van der Waals surface area contributed by atoms with Crippen molar-refractivity contribution < 1.29 is 9.59 Å². The molecule has 1 atom stereocenters. The summed E-state index contributed by atoms with van der Waals surface area (Å²) in [7, 11) is 0. The Labute approximate surface area is 228 Å². The molecule has 0 radical (unpaired) electrons. The van der Waals surface area contributed by atoms with Crippen molar-refractivity contribution in [1.29, 1.82) is 0 Å². The van der Waals surface area contributed by atoms with Crippen molar-refractivity contribution in [3.8, 4) is 0 Å². The minimum absolute atomic E-state index is 0.181. The second-order valence-corrected chi connectivity index (χ2v) is 12.1. The van der Waals surface area contributed by atoms with Gasteiger partial charge in [0, 0.05) is 65.1 Å². The number of halogens is 3. The van der Waals surface area contributed by atoms with Crippen LogP contribution >= 0.6 is 43.5 Å². The van der Waals surface area contributed by atoms with E-state index in [2.05, 4.69) is 44.0 Å². The van der Waals surface area contributed by atoms with Gasteiger partial charge < -0.3 is 9.80 Å². The van der Waals surface area contributed by atoms with Gasteiger partial charge in [-0.15, -0.1) is 0 Å². The highest BCUT2D eigenvalue weighted by Gasteiger charge is 2.36. The minimum Gasteiger partial charge on any atom is -0.343 e. The molecular formula is C27H30Br2ClN3O2. The number of carbonyl (C=O) groups is 2. The maximum Gasteiger partial charge on any atom is 0.222 e. The van der Waals surface area contributed by atoms with Crippen molar-refractivity contribution in [1.82, 2.24) is 14.8 Å².